The molecule has 1 atom stereocenters. The second kappa shape index (κ2) is 9.93. The van der Waals surface area contributed by atoms with Gasteiger partial charge in [0.15, 0.2) is 0 Å². The van der Waals surface area contributed by atoms with Gasteiger partial charge in [0.2, 0.25) is 11.8 Å². The molecule has 0 saturated carbocycles. The zero-order chi connectivity index (χ0) is 20.6. The monoisotopic (exact) mass is 382 g/mol. The van der Waals surface area contributed by atoms with Crippen molar-refractivity contribution >= 4 is 11.8 Å². The highest BCUT2D eigenvalue weighted by Crippen LogP contribution is 2.24. The first-order chi connectivity index (χ1) is 13.3. The minimum Gasteiger partial charge on any atom is -0.492 e. The van der Waals surface area contributed by atoms with E-state index in [9.17, 15) is 9.59 Å². The van der Waals surface area contributed by atoms with Gasteiger partial charge in [0.1, 0.15) is 12.4 Å². The Morgan fingerprint density at radius 1 is 1.00 bits per heavy atom. The quantitative estimate of drug-likeness (QED) is 0.684. The Balaban J connectivity index is 1.79. The molecule has 1 unspecified atom stereocenters. The molecule has 2 aromatic carbocycles. The van der Waals surface area contributed by atoms with Crippen LogP contribution < -0.4 is 15.4 Å². The standard InChI is InChI=1S/C23H30N2O3/c1-17(26)25-21(18-8-6-5-7-9-18)16-22(27)24-14-15-28-20-12-10-19(11-13-20)23(2,3)4/h5-13,21H,14-16H2,1-4H3,(H,24,27)(H,25,26). The third-order valence-electron chi connectivity index (χ3n) is 4.38. The molecule has 2 amide bonds. The van der Waals surface area contributed by atoms with Crippen molar-refractivity contribution in [1.82, 2.24) is 10.6 Å². The van der Waals surface area contributed by atoms with Gasteiger partial charge in [-0.1, -0.05) is 63.2 Å². The summed E-state index contributed by atoms with van der Waals surface area (Å²) in [5, 5.41) is 5.68. The zero-order valence-electron chi connectivity index (χ0n) is 17.1. The van der Waals surface area contributed by atoms with E-state index in [4.69, 9.17) is 4.74 Å². The molecule has 5 nitrogen and oxygen atoms in total. The summed E-state index contributed by atoms with van der Waals surface area (Å²) in [5.41, 5.74) is 2.26. The van der Waals surface area contributed by atoms with Crippen LogP contribution in [0.5, 0.6) is 5.75 Å². The van der Waals surface area contributed by atoms with Crippen LogP contribution in [0.15, 0.2) is 54.6 Å². The molecule has 0 saturated heterocycles. The summed E-state index contributed by atoms with van der Waals surface area (Å²) < 4.78 is 5.69. The minimum absolute atomic E-state index is 0.107. The number of nitrogens with one attached hydrogen (secondary N) is 2. The third kappa shape index (κ3) is 7.06. The number of rotatable bonds is 8. The molecular formula is C23H30N2O3. The summed E-state index contributed by atoms with van der Waals surface area (Å²) in [6.07, 6.45) is 0.184. The maximum Gasteiger partial charge on any atom is 0.222 e. The summed E-state index contributed by atoms with van der Waals surface area (Å²) in [6.45, 7) is 8.75. The lowest BCUT2D eigenvalue weighted by molar-refractivity contribution is -0.122. The smallest absolute Gasteiger partial charge is 0.222 e. The highest BCUT2D eigenvalue weighted by Gasteiger charge is 2.17. The fourth-order valence-electron chi connectivity index (χ4n) is 2.85. The van der Waals surface area contributed by atoms with Crippen LogP contribution in [0.4, 0.5) is 0 Å². The Labute approximate surface area is 167 Å². The van der Waals surface area contributed by atoms with Crippen molar-refractivity contribution in [3.63, 3.8) is 0 Å². The number of hydrogen-bond acceptors (Lipinski definition) is 3. The minimum atomic E-state index is -0.343. The largest absolute Gasteiger partial charge is 0.492 e. The molecule has 0 aliphatic heterocycles. The Kier molecular flexibility index (Phi) is 7.61. The first kappa shape index (κ1) is 21.5. The van der Waals surface area contributed by atoms with E-state index in [1.807, 2.05) is 42.5 Å². The van der Waals surface area contributed by atoms with E-state index in [0.29, 0.717) is 13.2 Å². The summed E-state index contributed by atoms with van der Waals surface area (Å²) in [5.74, 6) is 0.487. The lowest BCUT2D eigenvalue weighted by Crippen LogP contribution is -2.34. The fourth-order valence-corrected chi connectivity index (χ4v) is 2.85. The number of carbonyl (C=O) groups is 2. The van der Waals surface area contributed by atoms with Gasteiger partial charge in [-0.25, -0.2) is 0 Å². The van der Waals surface area contributed by atoms with Gasteiger partial charge in [0.25, 0.3) is 0 Å². The van der Waals surface area contributed by atoms with Gasteiger partial charge in [-0.05, 0) is 28.7 Å². The van der Waals surface area contributed by atoms with Crippen LogP contribution in [-0.4, -0.2) is 25.0 Å². The van der Waals surface area contributed by atoms with Gasteiger partial charge in [-0.2, -0.15) is 0 Å². The molecular weight excluding hydrogens is 352 g/mol. The van der Waals surface area contributed by atoms with Crippen LogP contribution >= 0.6 is 0 Å². The van der Waals surface area contributed by atoms with E-state index in [2.05, 4.69) is 43.5 Å². The predicted molar refractivity (Wildman–Crippen MR) is 111 cm³/mol. The van der Waals surface area contributed by atoms with Crippen molar-refractivity contribution in [3.05, 3.63) is 65.7 Å². The number of amides is 2. The van der Waals surface area contributed by atoms with E-state index < -0.39 is 0 Å². The third-order valence-corrected chi connectivity index (χ3v) is 4.38. The van der Waals surface area contributed by atoms with E-state index >= 15 is 0 Å². The molecule has 2 aromatic rings. The molecule has 2 N–H and O–H groups in total. The second-order valence-corrected chi connectivity index (χ2v) is 7.84. The molecule has 0 radical (unpaired) electrons. The van der Waals surface area contributed by atoms with Crippen LogP contribution in [0, 0.1) is 0 Å². The van der Waals surface area contributed by atoms with E-state index in [1.54, 1.807) is 0 Å². The second-order valence-electron chi connectivity index (χ2n) is 7.84. The van der Waals surface area contributed by atoms with E-state index in [1.165, 1.54) is 12.5 Å². The van der Waals surface area contributed by atoms with Gasteiger partial charge in [-0.15, -0.1) is 0 Å². The molecule has 0 heterocycles. The van der Waals surface area contributed by atoms with Crippen molar-refractivity contribution in [2.45, 2.75) is 45.6 Å². The van der Waals surface area contributed by atoms with E-state index in [-0.39, 0.29) is 29.7 Å². The van der Waals surface area contributed by atoms with Gasteiger partial charge in [0.05, 0.1) is 19.0 Å². The van der Waals surface area contributed by atoms with Crippen LogP contribution in [0.1, 0.15) is 51.3 Å². The van der Waals surface area contributed by atoms with Crippen LogP contribution in [0.3, 0.4) is 0 Å². The molecule has 0 fully saturated rings. The summed E-state index contributed by atoms with van der Waals surface area (Å²) >= 11 is 0. The van der Waals surface area contributed by atoms with Crippen molar-refractivity contribution in [1.29, 1.82) is 0 Å². The molecule has 0 aliphatic carbocycles. The number of carbonyl (C=O) groups excluding carboxylic acids is 2. The van der Waals surface area contributed by atoms with Crippen molar-refractivity contribution in [2.24, 2.45) is 0 Å². The first-order valence-electron chi connectivity index (χ1n) is 9.58. The maximum absolute atomic E-state index is 12.3. The van der Waals surface area contributed by atoms with Crippen LogP contribution in [0.2, 0.25) is 0 Å². The first-order valence-corrected chi connectivity index (χ1v) is 9.58. The Morgan fingerprint density at radius 3 is 2.21 bits per heavy atom. The van der Waals surface area contributed by atoms with Crippen molar-refractivity contribution in [3.8, 4) is 5.75 Å². The van der Waals surface area contributed by atoms with Gasteiger partial charge in [-0.3, -0.25) is 9.59 Å². The van der Waals surface area contributed by atoms with E-state index in [0.717, 1.165) is 11.3 Å². The average Bonchev–Trinajstić information content (AvgIpc) is 2.65. The molecule has 0 aliphatic rings. The molecule has 5 heteroatoms. The number of hydrogen-bond donors (Lipinski definition) is 2. The molecule has 28 heavy (non-hydrogen) atoms. The normalized spacial score (nSPS) is 12.1. The molecule has 150 valence electrons. The van der Waals surface area contributed by atoms with Gasteiger partial charge >= 0.3 is 0 Å². The molecule has 0 spiro atoms. The maximum atomic E-state index is 12.3. The lowest BCUT2D eigenvalue weighted by Gasteiger charge is -2.19. The Hall–Kier alpha value is -2.82. The lowest BCUT2D eigenvalue weighted by atomic mass is 9.87. The predicted octanol–water partition coefficient (Wildman–Crippen LogP) is 3.75. The Bertz CT molecular complexity index is 765. The highest BCUT2D eigenvalue weighted by molar-refractivity contribution is 5.79. The summed E-state index contributed by atoms with van der Waals surface area (Å²) in [4.78, 5) is 23.7. The summed E-state index contributed by atoms with van der Waals surface area (Å²) in [6, 6.07) is 17.2. The van der Waals surface area contributed by atoms with Crippen LogP contribution in [-0.2, 0) is 15.0 Å². The number of benzene rings is 2. The SMILES string of the molecule is CC(=O)NC(CC(=O)NCCOc1ccc(C(C)(C)C)cc1)c1ccccc1. The van der Waals surface area contributed by atoms with Gasteiger partial charge < -0.3 is 15.4 Å². The Morgan fingerprint density at radius 2 is 1.64 bits per heavy atom. The zero-order valence-corrected chi connectivity index (χ0v) is 17.1. The fraction of sp³-hybridized carbons (Fsp3) is 0.391. The van der Waals surface area contributed by atoms with Crippen molar-refractivity contribution < 1.29 is 14.3 Å². The van der Waals surface area contributed by atoms with Crippen LogP contribution in [0.25, 0.3) is 0 Å². The summed E-state index contributed by atoms with van der Waals surface area (Å²) in [7, 11) is 0. The topological polar surface area (TPSA) is 67.4 Å². The van der Waals surface area contributed by atoms with Crippen molar-refractivity contribution in [2.75, 3.05) is 13.2 Å². The highest BCUT2D eigenvalue weighted by atomic mass is 16.5. The molecule has 0 bridgehead atoms. The average molecular weight is 383 g/mol. The molecule has 2 rings (SSSR count). The van der Waals surface area contributed by atoms with Gasteiger partial charge in [0, 0.05) is 6.92 Å². The number of ether oxygens (including phenoxy) is 1. The molecule has 0 aromatic heterocycles.